The monoisotopic (exact) mass is 176 g/mol. The van der Waals surface area contributed by atoms with E-state index in [1.54, 1.807) is 6.92 Å². The summed E-state index contributed by atoms with van der Waals surface area (Å²) in [6, 6.07) is 9.46. The van der Waals surface area contributed by atoms with Crippen molar-refractivity contribution in [2.75, 3.05) is 6.61 Å². The number of aliphatic hydroxyl groups is 1. The lowest BCUT2D eigenvalue weighted by Crippen LogP contribution is -1.97. The number of hydrogen-bond acceptors (Lipinski definition) is 2. The fourth-order valence-corrected chi connectivity index (χ4v) is 0.826. The molecule has 2 nitrogen and oxygen atoms in total. The molecule has 0 saturated carbocycles. The first kappa shape index (κ1) is 9.63. The van der Waals surface area contributed by atoms with Crippen molar-refractivity contribution < 1.29 is 9.84 Å². The van der Waals surface area contributed by atoms with E-state index in [4.69, 9.17) is 9.84 Å². The fraction of sp³-hybridized carbons (Fsp3) is 0.273. The average Bonchev–Trinajstić information content (AvgIpc) is 2.14. The molecule has 2 heteroatoms. The first-order valence-electron chi connectivity index (χ1n) is 4.13. The maximum absolute atomic E-state index is 8.82. The van der Waals surface area contributed by atoms with Gasteiger partial charge in [-0.2, -0.15) is 0 Å². The molecular formula is C11H12O2. The summed E-state index contributed by atoms with van der Waals surface area (Å²) in [5, 5.41) is 8.82. The highest BCUT2D eigenvalue weighted by molar-refractivity contribution is 5.21. The summed E-state index contributed by atoms with van der Waals surface area (Å²) in [7, 11) is 0. The minimum absolute atomic E-state index is 0.314. The van der Waals surface area contributed by atoms with Gasteiger partial charge >= 0.3 is 0 Å². The molecule has 1 atom stereocenters. The van der Waals surface area contributed by atoms with Crippen molar-refractivity contribution in [1.82, 2.24) is 0 Å². The molecule has 1 unspecified atom stereocenters. The van der Waals surface area contributed by atoms with E-state index in [9.17, 15) is 0 Å². The molecule has 0 spiro atoms. The van der Waals surface area contributed by atoms with Crippen molar-refractivity contribution in [2.24, 2.45) is 0 Å². The van der Waals surface area contributed by atoms with E-state index < -0.39 is 6.10 Å². The Hall–Kier alpha value is -1.46. The molecule has 0 heterocycles. The molecule has 13 heavy (non-hydrogen) atoms. The quantitative estimate of drug-likeness (QED) is 0.691. The molecular weight excluding hydrogens is 164 g/mol. The van der Waals surface area contributed by atoms with Crippen LogP contribution >= 0.6 is 0 Å². The van der Waals surface area contributed by atoms with Gasteiger partial charge in [-0.3, -0.25) is 0 Å². The van der Waals surface area contributed by atoms with Crippen LogP contribution in [0, 0.1) is 11.8 Å². The predicted molar refractivity (Wildman–Crippen MR) is 51.4 cm³/mol. The Morgan fingerprint density at radius 3 is 2.69 bits per heavy atom. The third-order valence-corrected chi connectivity index (χ3v) is 1.37. The van der Waals surface area contributed by atoms with Gasteiger partial charge in [-0.05, 0) is 19.1 Å². The molecule has 0 bridgehead atoms. The van der Waals surface area contributed by atoms with Crippen LogP contribution in [0.25, 0.3) is 0 Å². The second-order valence-corrected chi connectivity index (χ2v) is 2.60. The van der Waals surface area contributed by atoms with E-state index in [-0.39, 0.29) is 0 Å². The minimum atomic E-state index is -0.584. The highest BCUT2D eigenvalue weighted by Crippen LogP contribution is 2.07. The number of ether oxygens (including phenoxy) is 1. The van der Waals surface area contributed by atoms with Crippen molar-refractivity contribution >= 4 is 0 Å². The summed E-state index contributed by atoms with van der Waals surface area (Å²) in [5.41, 5.74) is 0. The average molecular weight is 176 g/mol. The molecule has 0 aliphatic carbocycles. The van der Waals surface area contributed by atoms with Gasteiger partial charge in [0, 0.05) is 0 Å². The maximum atomic E-state index is 8.82. The Labute approximate surface area is 78.2 Å². The summed E-state index contributed by atoms with van der Waals surface area (Å²) in [6.45, 7) is 1.93. The molecule has 0 aliphatic rings. The molecule has 0 saturated heterocycles. The summed E-state index contributed by atoms with van der Waals surface area (Å²) >= 11 is 0. The first-order chi connectivity index (χ1) is 6.29. The van der Waals surface area contributed by atoms with Crippen LogP contribution in [-0.2, 0) is 0 Å². The zero-order valence-electron chi connectivity index (χ0n) is 7.53. The van der Waals surface area contributed by atoms with Crippen LogP contribution in [0.2, 0.25) is 0 Å². The summed E-state index contributed by atoms with van der Waals surface area (Å²) < 4.78 is 5.27. The number of rotatable bonds is 2. The third kappa shape index (κ3) is 4.19. The number of benzene rings is 1. The first-order valence-corrected chi connectivity index (χ1v) is 4.13. The van der Waals surface area contributed by atoms with Gasteiger partial charge in [0.15, 0.2) is 0 Å². The zero-order chi connectivity index (χ0) is 9.52. The lowest BCUT2D eigenvalue weighted by atomic mass is 10.3. The van der Waals surface area contributed by atoms with E-state index in [0.717, 1.165) is 5.75 Å². The van der Waals surface area contributed by atoms with Crippen molar-refractivity contribution in [2.45, 2.75) is 13.0 Å². The fourth-order valence-electron chi connectivity index (χ4n) is 0.826. The smallest absolute Gasteiger partial charge is 0.149 e. The van der Waals surface area contributed by atoms with Crippen LogP contribution < -0.4 is 4.74 Å². The number of hydrogen-bond donors (Lipinski definition) is 1. The Balaban J connectivity index is 2.33. The summed E-state index contributed by atoms with van der Waals surface area (Å²) in [6.07, 6.45) is -0.584. The molecule has 0 amide bonds. The van der Waals surface area contributed by atoms with Crippen molar-refractivity contribution in [3.63, 3.8) is 0 Å². The summed E-state index contributed by atoms with van der Waals surface area (Å²) in [4.78, 5) is 0. The second kappa shape index (κ2) is 5.23. The molecule has 0 aliphatic heterocycles. The maximum Gasteiger partial charge on any atom is 0.149 e. The van der Waals surface area contributed by atoms with E-state index >= 15 is 0 Å². The molecule has 1 aromatic rings. The van der Waals surface area contributed by atoms with Gasteiger partial charge in [0.25, 0.3) is 0 Å². The lowest BCUT2D eigenvalue weighted by molar-refractivity contribution is 0.253. The third-order valence-electron chi connectivity index (χ3n) is 1.37. The van der Waals surface area contributed by atoms with Crippen molar-refractivity contribution in [1.29, 1.82) is 0 Å². The van der Waals surface area contributed by atoms with Crippen LogP contribution in [0.4, 0.5) is 0 Å². The standard InChI is InChI=1S/C11H12O2/c1-10(12)6-5-9-13-11-7-3-2-4-8-11/h2-4,7-8,10,12H,9H2,1H3. The lowest BCUT2D eigenvalue weighted by Gasteiger charge is -1.99. The van der Waals surface area contributed by atoms with E-state index in [1.807, 2.05) is 30.3 Å². The molecule has 1 N–H and O–H groups in total. The van der Waals surface area contributed by atoms with Crippen LogP contribution in [0.15, 0.2) is 30.3 Å². The van der Waals surface area contributed by atoms with Crippen LogP contribution in [0.1, 0.15) is 6.92 Å². The molecule has 0 aromatic heterocycles. The largest absolute Gasteiger partial charge is 0.481 e. The van der Waals surface area contributed by atoms with Gasteiger partial charge in [-0.15, -0.1) is 0 Å². The minimum Gasteiger partial charge on any atom is -0.481 e. The Morgan fingerprint density at radius 1 is 1.38 bits per heavy atom. The van der Waals surface area contributed by atoms with Gasteiger partial charge in [0.05, 0.1) is 0 Å². The SMILES string of the molecule is CC(O)C#CCOc1ccccc1. The van der Waals surface area contributed by atoms with Crippen LogP contribution in [0.5, 0.6) is 5.75 Å². The summed E-state index contributed by atoms with van der Waals surface area (Å²) in [5.74, 6) is 6.10. The highest BCUT2D eigenvalue weighted by atomic mass is 16.5. The van der Waals surface area contributed by atoms with Gasteiger partial charge in [-0.1, -0.05) is 30.0 Å². The van der Waals surface area contributed by atoms with Crippen LogP contribution in [-0.4, -0.2) is 17.8 Å². The second-order valence-electron chi connectivity index (χ2n) is 2.60. The predicted octanol–water partition coefficient (Wildman–Crippen LogP) is 1.45. The number of aliphatic hydroxyl groups excluding tert-OH is 1. The zero-order valence-corrected chi connectivity index (χ0v) is 7.53. The van der Waals surface area contributed by atoms with Crippen molar-refractivity contribution in [3.05, 3.63) is 30.3 Å². The Kier molecular flexibility index (Phi) is 3.87. The van der Waals surface area contributed by atoms with Gasteiger partial charge in [0.2, 0.25) is 0 Å². The molecule has 1 aromatic carbocycles. The van der Waals surface area contributed by atoms with E-state index in [0.29, 0.717) is 6.61 Å². The molecule has 0 radical (unpaired) electrons. The highest BCUT2D eigenvalue weighted by Gasteiger charge is 1.87. The van der Waals surface area contributed by atoms with Gasteiger partial charge < -0.3 is 9.84 Å². The van der Waals surface area contributed by atoms with E-state index in [1.165, 1.54) is 0 Å². The van der Waals surface area contributed by atoms with Crippen molar-refractivity contribution in [3.8, 4) is 17.6 Å². The van der Waals surface area contributed by atoms with E-state index in [2.05, 4.69) is 11.8 Å². The number of para-hydroxylation sites is 1. The Morgan fingerprint density at radius 2 is 2.08 bits per heavy atom. The molecule has 68 valence electrons. The van der Waals surface area contributed by atoms with Gasteiger partial charge in [-0.25, -0.2) is 0 Å². The Bertz CT molecular complexity index is 293. The molecule has 1 rings (SSSR count). The van der Waals surface area contributed by atoms with Gasteiger partial charge in [0.1, 0.15) is 18.5 Å². The topological polar surface area (TPSA) is 29.5 Å². The normalized spacial score (nSPS) is 11.2. The molecule has 0 fully saturated rings. The van der Waals surface area contributed by atoms with Crippen LogP contribution in [0.3, 0.4) is 0 Å².